The van der Waals surface area contributed by atoms with Crippen LogP contribution in [0.2, 0.25) is 0 Å². The molecule has 23 heavy (non-hydrogen) atoms. The average molecular weight is 337 g/mol. The van der Waals surface area contributed by atoms with E-state index in [2.05, 4.69) is 45.0 Å². The van der Waals surface area contributed by atoms with Crippen LogP contribution < -0.4 is 0 Å². The molecule has 1 saturated heterocycles. The summed E-state index contributed by atoms with van der Waals surface area (Å²) < 4.78 is 23.4. The van der Waals surface area contributed by atoms with Gasteiger partial charge in [-0.25, -0.2) is 8.42 Å². The Morgan fingerprint density at radius 2 is 1.78 bits per heavy atom. The molecule has 0 aliphatic carbocycles. The third-order valence-corrected chi connectivity index (χ3v) is 6.17. The second-order valence-electron chi connectivity index (χ2n) is 7.53. The fraction of sp³-hybridized carbons (Fsp3) is 0.611. The molecule has 0 aromatic heterocycles. The van der Waals surface area contributed by atoms with E-state index >= 15 is 0 Å². The molecule has 1 aromatic carbocycles. The molecule has 1 aliphatic heterocycles. The van der Waals surface area contributed by atoms with Crippen molar-refractivity contribution >= 4 is 15.7 Å². The number of rotatable bonds is 3. The van der Waals surface area contributed by atoms with Gasteiger partial charge in [-0.05, 0) is 36.3 Å². The van der Waals surface area contributed by atoms with Gasteiger partial charge in [0.15, 0.2) is 9.84 Å². The predicted molar refractivity (Wildman–Crippen MR) is 93.1 cm³/mol. The zero-order chi connectivity index (χ0) is 17.4. The highest BCUT2D eigenvalue weighted by Crippen LogP contribution is 2.34. The lowest BCUT2D eigenvalue weighted by Gasteiger charge is -2.28. The van der Waals surface area contributed by atoms with Crippen molar-refractivity contribution < 1.29 is 13.2 Å². The summed E-state index contributed by atoms with van der Waals surface area (Å²) in [5.74, 6) is -0.283. The highest BCUT2D eigenvalue weighted by atomic mass is 32.2. The molecule has 0 spiro atoms. The number of carbonyl (C=O) groups excluding carboxylic acids is 1. The molecule has 0 saturated carbocycles. The molecule has 0 radical (unpaired) electrons. The lowest BCUT2D eigenvalue weighted by molar-refractivity contribution is -0.131. The van der Waals surface area contributed by atoms with Crippen LogP contribution in [0.4, 0.5) is 0 Å². The molecule has 2 rings (SSSR count). The van der Waals surface area contributed by atoms with Crippen LogP contribution in [0.25, 0.3) is 0 Å². The van der Waals surface area contributed by atoms with E-state index in [0.717, 1.165) is 24.7 Å². The zero-order valence-electron chi connectivity index (χ0n) is 14.7. The van der Waals surface area contributed by atoms with E-state index in [4.69, 9.17) is 0 Å². The van der Waals surface area contributed by atoms with Crippen LogP contribution in [0.15, 0.2) is 24.3 Å². The molecule has 128 valence electrons. The monoisotopic (exact) mass is 337 g/mol. The number of sulfone groups is 1. The Kier molecular flexibility index (Phi) is 4.90. The van der Waals surface area contributed by atoms with Crippen LogP contribution >= 0.6 is 0 Å². The number of amides is 1. The van der Waals surface area contributed by atoms with Gasteiger partial charge in [0.05, 0.1) is 6.04 Å². The first-order chi connectivity index (χ1) is 10.5. The number of benzene rings is 1. The number of hydrogen-bond donors (Lipinski definition) is 0. The van der Waals surface area contributed by atoms with Gasteiger partial charge in [-0.15, -0.1) is 0 Å². The van der Waals surface area contributed by atoms with Gasteiger partial charge < -0.3 is 4.90 Å². The average Bonchev–Trinajstić information content (AvgIpc) is 2.93. The number of nitrogens with zero attached hydrogens (tertiary/aromatic N) is 1. The standard InChI is InChI=1S/C18H27NO3S/c1-13(23(5,21)22)17(20)19-12-6-7-16(19)14-8-10-15(11-9-14)18(2,3)4/h8-11,13,16H,6-7,12H2,1-5H3/t13-,16-/m0/s1. The van der Waals surface area contributed by atoms with Gasteiger partial charge in [0, 0.05) is 12.8 Å². The second kappa shape index (κ2) is 6.27. The van der Waals surface area contributed by atoms with Gasteiger partial charge >= 0.3 is 0 Å². The van der Waals surface area contributed by atoms with Crippen LogP contribution in [0.3, 0.4) is 0 Å². The van der Waals surface area contributed by atoms with E-state index < -0.39 is 15.1 Å². The maximum atomic E-state index is 12.5. The van der Waals surface area contributed by atoms with Crippen molar-refractivity contribution in [3.63, 3.8) is 0 Å². The summed E-state index contributed by atoms with van der Waals surface area (Å²) in [5.41, 5.74) is 2.43. The minimum Gasteiger partial charge on any atom is -0.335 e. The molecule has 5 heteroatoms. The molecule has 1 heterocycles. The lowest BCUT2D eigenvalue weighted by Crippen LogP contribution is -2.40. The first-order valence-corrected chi connectivity index (χ1v) is 10.1. The summed E-state index contributed by atoms with van der Waals surface area (Å²) in [6.07, 6.45) is 2.92. The van der Waals surface area contributed by atoms with Crippen molar-refractivity contribution in [3.05, 3.63) is 35.4 Å². The number of hydrogen-bond acceptors (Lipinski definition) is 3. The minimum absolute atomic E-state index is 0.0132. The maximum absolute atomic E-state index is 12.5. The van der Waals surface area contributed by atoms with Crippen molar-refractivity contribution in [2.24, 2.45) is 0 Å². The summed E-state index contributed by atoms with van der Waals surface area (Å²) in [7, 11) is -3.36. The van der Waals surface area contributed by atoms with Gasteiger partial charge in [-0.2, -0.15) is 0 Å². The Morgan fingerprint density at radius 3 is 2.26 bits per heavy atom. The largest absolute Gasteiger partial charge is 0.335 e. The van der Waals surface area contributed by atoms with E-state index in [9.17, 15) is 13.2 Å². The fourth-order valence-electron chi connectivity index (χ4n) is 3.00. The Morgan fingerprint density at radius 1 is 1.22 bits per heavy atom. The molecular formula is C18H27NO3S. The SMILES string of the molecule is C[C@@H](C(=O)N1CCC[C@H]1c1ccc(C(C)(C)C)cc1)S(C)(=O)=O. The van der Waals surface area contributed by atoms with Crippen molar-refractivity contribution in [1.29, 1.82) is 0 Å². The molecule has 4 nitrogen and oxygen atoms in total. The molecule has 1 fully saturated rings. The second-order valence-corrected chi connectivity index (χ2v) is 9.90. The van der Waals surface area contributed by atoms with Crippen LogP contribution in [0, 0.1) is 0 Å². The highest BCUT2D eigenvalue weighted by molar-refractivity contribution is 7.92. The van der Waals surface area contributed by atoms with Gasteiger partial charge in [-0.1, -0.05) is 45.0 Å². The van der Waals surface area contributed by atoms with E-state index in [-0.39, 0.29) is 17.4 Å². The van der Waals surface area contributed by atoms with Gasteiger partial charge in [0.2, 0.25) is 5.91 Å². The van der Waals surface area contributed by atoms with E-state index in [1.807, 2.05) is 0 Å². The van der Waals surface area contributed by atoms with E-state index in [1.165, 1.54) is 12.5 Å². The van der Waals surface area contributed by atoms with Crippen LogP contribution in [0.1, 0.15) is 57.7 Å². The summed E-state index contributed by atoms with van der Waals surface area (Å²) in [6.45, 7) is 8.61. The number of likely N-dealkylation sites (tertiary alicyclic amines) is 1. The van der Waals surface area contributed by atoms with Crippen LogP contribution in [-0.2, 0) is 20.0 Å². The van der Waals surface area contributed by atoms with Crippen molar-refractivity contribution in [2.75, 3.05) is 12.8 Å². The molecule has 1 amide bonds. The third-order valence-electron chi connectivity index (χ3n) is 4.69. The highest BCUT2D eigenvalue weighted by Gasteiger charge is 2.35. The quantitative estimate of drug-likeness (QED) is 0.852. The van der Waals surface area contributed by atoms with Crippen molar-refractivity contribution in [3.8, 4) is 0 Å². The topological polar surface area (TPSA) is 54.5 Å². The first-order valence-electron chi connectivity index (χ1n) is 8.11. The Hall–Kier alpha value is -1.36. The summed E-state index contributed by atoms with van der Waals surface area (Å²) in [4.78, 5) is 14.3. The lowest BCUT2D eigenvalue weighted by atomic mass is 9.86. The number of carbonyl (C=O) groups is 1. The molecule has 1 aliphatic rings. The molecule has 0 unspecified atom stereocenters. The van der Waals surface area contributed by atoms with Crippen LogP contribution in [-0.4, -0.2) is 37.3 Å². The van der Waals surface area contributed by atoms with Crippen molar-refractivity contribution in [1.82, 2.24) is 4.90 Å². The molecule has 1 aromatic rings. The zero-order valence-corrected chi connectivity index (χ0v) is 15.5. The van der Waals surface area contributed by atoms with E-state index in [0.29, 0.717) is 6.54 Å². The first kappa shape index (κ1) is 18.0. The molecular weight excluding hydrogens is 310 g/mol. The third kappa shape index (κ3) is 3.94. The smallest absolute Gasteiger partial charge is 0.241 e. The molecule has 0 bridgehead atoms. The molecule has 2 atom stereocenters. The Balaban J connectivity index is 2.24. The summed E-state index contributed by atoms with van der Waals surface area (Å²) in [6, 6.07) is 8.34. The van der Waals surface area contributed by atoms with Gasteiger partial charge in [0.25, 0.3) is 0 Å². The Labute approximate surface area is 139 Å². The molecule has 0 N–H and O–H groups in total. The fourth-order valence-corrected chi connectivity index (χ4v) is 3.50. The predicted octanol–water partition coefficient (Wildman–Crippen LogP) is 3.08. The normalized spacial score (nSPS) is 20.6. The maximum Gasteiger partial charge on any atom is 0.241 e. The van der Waals surface area contributed by atoms with E-state index in [1.54, 1.807) is 4.90 Å². The van der Waals surface area contributed by atoms with Crippen molar-refractivity contribution in [2.45, 2.75) is 57.2 Å². The Bertz CT molecular complexity index is 671. The van der Waals surface area contributed by atoms with Gasteiger partial charge in [0.1, 0.15) is 5.25 Å². The minimum atomic E-state index is -3.36. The van der Waals surface area contributed by atoms with Gasteiger partial charge in [-0.3, -0.25) is 4.79 Å². The summed E-state index contributed by atoms with van der Waals surface area (Å²) >= 11 is 0. The summed E-state index contributed by atoms with van der Waals surface area (Å²) in [5, 5.41) is -0.975. The van der Waals surface area contributed by atoms with Crippen LogP contribution in [0.5, 0.6) is 0 Å².